The maximum atomic E-state index is 14.7. The second-order valence-electron chi connectivity index (χ2n) is 14.0. The van der Waals surface area contributed by atoms with Gasteiger partial charge in [0.2, 0.25) is 10.0 Å². The zero-order chi connectivity index (χ0) is 33.6. The Morgan fingerprint density at radius 2 is 1.33 bits per heavy atom. The fourth-order valence-corrected chi connectivity index (χ4v) is 12.6. The summed E-state index contributed by atoms with van der Waals surface area (Å²) in [5, 5.41) is 2.37. The molecule has 4 rings (SSSR count). The van der Waals surface area contributed by atoms with Gasteiger partial charge in [-0.3, -0.25) is 0 Å². The Kier molecular flexibility index (Phi) is 11.9. The van der Waals surface area contributed by atoms with Crippen LogP contribution in [0, 0.1) is 5.92 Å². The van der Waals surface area contributed by atoms with Gasteiger partial charge >= 0.3 is 0 Å². The lowest BCUT2D eigenvalue weighted by molar-refractivity contribution is 0.271. The fourth-order valence-electron chi connectivity index (χ4n) is 6.31. The molecule has 0 radical (unpaired) electrons. The second kappa shape index (κ2) is 15.2. The van der Waals surface area contributed by atoms with E-state index in [0.29, 0.717) is 23.2 Å². The summed E-state index contributed by atoms with van der Waals surface area (Å²) in [5.74, 6) is 0.746. The molecule has 46 heavy (non-hydrogen) atoms. The quantitative estimate of drug-likeness (QED) is 0.138. The van der Waals surface area contributed by atoms with Crippen LogP contribution in [0.1, 0.15) is 95.5 Å². The lowest BCUT2D eigenvalue weighted by atomic mass is 9.89. The van der Waals surface area contributed by atoms with E-state index >= 15 is 0 Å². The van der Waals surface area contributed by atoms with Gasteiger partial charge in [0.05, 0.1) is 17.8 Å². The molecule has 0 fully saturated rings. The summed E-state index contributed by atoms with van der Waals surface area (Å²) in [6, 6.07) is 25.6. The Hall–Kier alpha value is -3.04. The Bertz CT molecular complexity index is 1600. The molecule has 248 valence electrons. The minimum absolute atomic E-state index is 0.0387. The molecule has 0 bridgehead atoms. The number of hydrogen-bond donors (Lipinski definition) is 1. The van der Waals surface area contributed by atoms with E-state index < -0.39 is 24.4 Å². The summed E-state index contributed by atoms with van der Waals surface area (Å²) in [5.41, 5.74) is 3.82. The fraction of sp³-hybridized carbons (Fsp3) is 0.447. The standard InChI is InChI=1S/C38H53N3O3SSi/c1-27(2)25-46(34-16-12-10-13-17-34,35-18-14-11-15-19-35)44-24-32(22-33-23-39-26-41(33)9)40-45(42,43)38-36(29(5)6)20-31(28(3)4)21-37(38)30(7)8/h10-21,23,26-30,32,40H,22,24-25H2,1-9H3/t32-/m0/s1. The monoisotopic (exact) mass is 659 g/mol. The molecule has 0 aliphatic rings. The van der Waals surface area contributed by atoms with Crippen molar-refractivity contribution < 1.29 is 12.8 Å². The highest BCUT2D eigenvalue weighted by atomic mass is 32.2. The summed E-state index contributed by atoms with van der Waals surface area (Å²) in [7, 11) is -4.77. The van der Waals surface area contributed by atoms with Crippen molar-refractivity contribution in [1.29, 1.82) is 0 Å². The van der Waals surface area contributed by atoms with Gasteiger partial charge in [0.1, 0.15) is 0 Å². The van der Waals surface area contributed by atoms with E-state index in [9.17, 15) is 8.42 Å². The number of nitrogens with one attached hydrogen (secondary N) is 1. The zero-order valence-corrected chi connectivity index (χ0v) is 30.9. The Morgan fingerprint density at radius 3 is 1.74 bits per heavy atom. The van der Waals surface area contributed by atoms with Gasteiger partial charge in [-0.05, 0) is 56.8 Å². The van der Waals surface area contributed by atoms with Gasteiger partial charge < -0.3 is 8.99 Å². The Morgan fingerprint density at radius 1 is 0.804 bits per heavy atom. The summed E-state index contributed by atoms with van der Waals surface area (Å²) >= 11 is 0. The molecule has 0 saturated heterocycles. The number of aromatic nitrogens is 2. The topological polar surface area (TPSA) is 73.2 Å². The number of imidazole rings is 1. The minimum Gasteiger partial charge on any atom is -0.406 e. The number of hydrogen-bond acceptors (Lipinski definition) is 4. The summed E-state index contributed by atoms with van der Waals surface area (Å²) in [6.07, 6.45) is 4.01. The Labute approximate surface area is 278 Å². The minimum atomic E-state index is -3.93. The van der Waals surface area contributed by atoms with Gasteiger partial charge in [-0.15, -0.1) is 0 Å². The van der Waals surface area contributed by atoms with Gasteiger partial charge in [-0.1, -0.05) is 128 Å². The number of benzene rings is 3. The molecule has 0 aliphatic heterocycles. The van der Waals surface area contributed by atoms with Crippen LogP contribution in [-0.4, -0.2) is 38.9 Å². The first kappa shape index (κ1) is 35.8. The van der Waals surface area contributed by atoms with Gasteiger partial charge in [0.15, 0.2) is 0 Å². The molecule has 0 unspecified atom stereocenters. The van der Waals surface area contributed by atoms with E-state index in [0.717, 1.165) is 28.4 Å². The molecular weight excluding hydrogens is 607 g/mol. The maximum absolute atomic E-state index is 14.7. The summed E-state index contributed by atoms with van der Waals surface area (Å²) in [4.78, 5) is 4.74. The van der Waals surface area contributed by atoms with Crippen LogP contribution in [0.15, 0.2) is 90.2 Å². The smallest absolute Gasteiger partial charge is 0.256 e. The van der Waals surface area contributed by atoms with E-state index in [1.54, 1.807) is 6.33 Å². The van der Waals surface area contributed by atoms with E-state index in [1.165, 1.54) is 10.4 Å². The lowest BCUT2D eigenvalue weighted by Gasteiger charge is -2.35. The first-order valence-corrected chi connectivity index (χ1v) is 20.2. The predicted molar refractivity (Wildman–Crippen MR) is 193 cm³/mol. The first-order valence-electron chi connectivity index (χ1n) is 16.6. The molecule has 6 nitrogen and oxygen atoms in total. The number of sulfonamides is 1. The van der Waals surface area contributed by atoms with Crippen molar-refractivity contribution >= 4 is 28.7 Å². The van der Waals surface area contributed by atoms with Crippen LogP contribution < -0.4 is 15.1 Å². The summed E-state index contributed by atoms with van der Waals surface area (Å²) in [6.45, 7) is 17.3. The molecule has 1 heterocycles. The van der Waals surface area contributed by atoms with Crippen molar-refractivity contribution in [2.24, 2.45) is 13.0 Å². The molecular formula is C38H53N3O3SSi. The van der Waals surface area contributed by atoms with Crippen molar-refractivity contribution in [1.82, 2.24) is 14.3 Å². The average Bonchev–Trinajstić information content (AvgIpc) is 3.42. The van der Waals surface area contributed by atoms with Crippen molar-refractivity contribution in [3.8, 4) is 0 Å². The lowest BCUT2D eigenvalue weighted by Crippen LogP contribution is -2.62. The molecule has 0 aliphatic carbocycles. The highest BCUT2D eigenvalue weighted by molar-refractivity contribution is 7.89. The SMILES string of the molecule is CC(C)C[Si](OC[C@H](Cc1cncn1C)NS(=O)(=O)c1c(C(C)C)cc(C(C)C)cc1C(C)C)(c1ccccc1)c1ccccc1. The van der Waals surface area contributed by atoms with Gasteiger partial charge in [0.25, 0.3) is 8.32 Å². The third-order valence-corrected chi connectivity index (χ3v) is 15.0. The normalized spacial score (nSPS) is 13.3. The second-order valence-corrected chi connectivity index (χ2v) is 19.1. The first-order chi connectivity index (χ1) is 21.7. The van der Waals surface area contributed by atoms with Crippen LogP contribution in [0.2, 0.25) is 6.04 Å². The molecule has 1 atom stereocenters. The predicted octanol–water partition coefficient (Wildman–Crippen LogP) is 7.11. The van der Waals surface area contributed by atoms with Crippen LogP contribution in [0.25, 0.3) is 0 Å². The van der Waals surface area contributed by atoms with E-state index in [2.05, 4.69) is 126 Å². The molecule has 8 heteroatoms. The van der Waals surface area contributed by atoms with Crippen LogP contribution >= 0.6 is 0 Å². The highest BCUT2D eigenvalue weighted by Gasteiger charge is 2.41. The molecule has 0 spiro atoms. The molecule has 4 aromatic rings. The van der Waals surface area contributed by atoms with Crippen molar-refractivity contribution in [2.75, 3.05) is 6.61 Å². The number of aryl methyl sites for hydroxylation is 1. The van der Waals surface area contributed by atoms with Crippen LogP contribution in [0.5, 0.6) is 0 Å². The van der Waals surface area contributed by atoms with Crippen LogP contribution in [0.4, 0.5) is 0 Å². The number of nitrogens with zero attached hydrogens (tertiary/aromatic N) is 2. The maximum Gasteiger partial charge on any atom is 0.256 e. The van der Waals surface area contributed by atoms with Crippen molar-refractivity contribution in [3.05, 3.63) is 108 Å². The van der Waals surface area contributed by atoms with E-state index in [4.69, 9.17) is 4.43 Å². The third kappa shape index (κ3) is 8.26. The average molecular weight is 660 g/mol. The third-order valence-electron chi connectivity index (χ3n) is 8.75. The van der Waals surface area contributed by atoms with Gasteiger partial charge in [0, 0.05) is 31.4 Å². The largest absolute Gasteiger partial charge is 0.406 e. The van der Waals surface area contributed by atoms with E-state index in [1.807, 2.05) is 29.9 Å². The van der Waals surface area contributed by atoms with Crippen molar-refractivity contribution in [2.45, 2.75) is 96.5 Å². The van der Waals surface area contributed by atoms with Crippen LogP contribution in [0.3, 0.4) is 0 Å². The zero-order valence-electron chi connectivity index (χ0n) is 29.1. The summed E-state index contributed by atoms with van der Waals surface area (Å²) < 4.78 is 41.7. The molecule has 0 saturated carbocycles. The van der Waals surface area contributed by atoms with Gasteiger partial charge in [-0.25, -0.2) is 18.1 Å². The molecule has 3 aromatic carbocycles. The van der Waals surface area contributed by atoms with Crippen LogP contribution in [-0.2, 0) is 27.9 Å². The van der Waals surface area contributed by atoms with Crippen molar-refractivity contribution in [3.63, 3.8) is 0 Å². The number of rotatable bonds is 15. The molecule has 1 aromatic heterocycles. The molecule has 1 N–H and O–H groups in total. The molecule has 0 amide bonds. The van der Waals surface area contributed by atoms with E-state index in [-0.39, 0.29) is 18.4 Å². The highest BCUT2D eigenvalue weighted by Crippen LogP contribution is 2.35. The van der Waals surface area contributed by atoms with Gasteiger partial charge in [-0.2, -0.15) is 0 Å². The Balaban J connectivity index is 1.82.